The Morgan fingerprint density at radius 1 is 1.09 bits per heavy atom. The van der Waals surface area contributed by atoms with E-state index in [4.69, 9.17) is 4.74 Å². The van der Waals surface area contributed by atoms with Crippen LogP contribution in [0.15, 0.2) is 71.7 Å². The van der Waals surface area contributed by atoms with Crippen molar-refractivity contribution in [1.82, 2.24) is 0 Å². The molecule has 0 N–H and O–H groups in total. The molecule has 0 saturated carbocycles. The molecule has 0 saturated heterocycles. The highest BCUT2D eigenvalue weighted by Crippen LogP contribution is 2.29. The minimum atomic E-state index is -0.405. The molecule has 0 radical (unpaired) electrons. The minimum absolute atomic E-state index is 0.0457. The molecule has 0 atom stereocenters. The molecule has 35 heavy (non-hydrogen) atoms. The number of methoxy groups -OCH3 is 1. The van der Waals surface area contributed by atoms with Crippen LogP contribution in [0.25, 0.3) is 0 Å². The number of anilines is 1. The first-order valence-electron chi connectivity index (χ1n) is 11.6. The van der Waals surface area contributed by atoms with Gasteiger partial charge in [0, 0.05) is 42.5 Å². The summed E-state index contributed by atoms with van der Waals surface area (Å²) in [6.07, 6.45) is 0.537. The third-order valence-electron chi connectivity index (χ3n) is 5.44. The van der Waals surface area contributed by atoms with Crippen LogP contribution in [-0.4, -0.2) is 31.2 Å². The number of amides is 1. The normalized spacial score (nSPS) is 10.9. The van der Waals surface area contributed by atoms with Crippen LogP contribution in [-0.2, 0) is 11.3 Å². The zero-order valence-electron chi connectivity index (χ0n) is 21.2. The lowest BCUT2D eigenvalue weighted by Gasteiger charge is -2.24. The second kappa shape index (κ2) is 13.0. The molecule has 0 fully saturated rings. The number of non-ortho nitro benzene ring substituents is 1. The van der Waals surface area contributed by atoms with Gasteiger partial charge in [-0.25, -0.2) is 4.99 Å². The number of hydrogen-bond acceptors (Lipinski definition) is 5. The van der Waals surface area contributed by atoms with Gasteiger partial charge in [-0.3, -0.25) is 14.9 Å². The molecule has 7 nitrogen and oxygen atoms in total. The molecule has 0 aromatic heterocycles. The van der Waals surface area contributed by atoms with Crippen molar-refractivity contribution < 1.29 is 14.5 Å². The molecule has 0 aliphatic heterocycles. The maximum Gasteiger partial charge on any atom is 0.269 e. The Labute approximate surface area is 207 Å². The topological polar surface area (TPSA) is 85.0 Å². The van der Waals surface area contributed by atoms with Gasteiger partial charge in [-0.15, -0.1) is 0 Å². The molecule has 0 aliphatic rings. The molecule has 3 rings (SSSR count). The molecular formula is C28H33N3O4. The number of ether oxygens (including phenoxy) is 1. The van der Waals surface area contributed by atoms with Crippen molar-refractivity contribution in [2.75, 3.05) is 19.1 Å². The van der Waals surface area contributed by atoms with E-state index in [1.54, 1.807) is 19.2 Å². The van der Waals surface area contributed by atoms with E-state index in [-0.39, 0.29) is 5.69 Å². The van der Waals surface area contributed by atoms with Crippen LogP contribution in [0, 0.1) is 10.1 Å². The number of nitro benzene ring substituents is 1. The molecule has 3 aromatic rings. The summed E-state index contributed by atoms with van der Waals surface area (Å²) in [5, 5.41) is 11.1. The summed E-state index contributed by atoms with van der Waals surface area (Å²) >= 11 is 0. The largest absolute Gasteiger partial charge is 0.497 e. The van der Waals surface area contributed by atoms with Gasteiger partial charge in [0.2, 0.25) is 6.41 Å². The molecule has 184 valence electrons. The Hall–Kier alpha value is -4.00. The van der Waals surface area contributed by atoms with E-state index >= 15 is 0 Å². The highest BCUT2D eigenvalue weighted by molar-refractivity contribution is 6.18. The number of carbonyl (C=O) groups excluding carboxylic acids is 1. The zero-order valence-corrected chi connectivity index (χ0v) is 21.2. The number of carbonyl (C=O) groups is 1. The van der Waals surface area contributed by atoms with E-state index in [2.05, 4.69) is 18.8 Å². The minimum Gasteiger partial charge on any atom is -0.497 e. The van der Waals surface area contributed by atoms with E-state index in [1.165, 1.54) is 11.6 Å². The smallest absolute Gasteiger partial charge is 0.269 e. The van der Waals surface area contributed by atoms with Crippen LogP contribution in [0.2, 0.25) is 0 Å². The van der Waals surface area contributed by atoms with Crippen molar-refractivity contribution in [2.45, 2.75) is 40.2 Å². The fraction of sp³-hybridized carbons (Fsp3) is 0.286. The van der Waals surface area contributed by atoms with Crippen molar-refractivity contribution in [3.05, 3.63) is 99.1 Å². The van der Waals surface area contributed by atoms with Gasteiger partial charge in [-0.1, -0.05) is 64.1 Å². The second-order valence-corrected chi connectivity index (χ2v) is 8.03. The fourth-order valence-corrected chi connectivity index (χ4v) is 3.67. The van der Waals surface area contributed by atoms with Gasteiger partial charge in [0.05, 0.1) is 17.7 Å². The Morgan fingerprint density at radius 3 is 2.34 bits per heavy atom. The molecule has 1 amide bonds. The maximum atomic E-state index is 11.5. The van der Waals surface area contributed by atoms with E-state index in [1.807, 2.05) is 74.3 Å². The van der Waals surface area contributed by atoms with Gasteiger partial charge in [-0.05, 0) is 35.2 Å². The van der Waals surface area contributed by atoms with Crippen LogP contribution in [0.4, 0.5) is 11.4 Å². The number of aliphatic imine (C=N–C) groups is 1. The zero-order chi connectivity index (χ0) is 26.0. The fourth-order valence-electron chi connectivity index (χ4n) is 3.67. The molecular weight excluding hydrogens is 442 g/mol. The number of hydrogen-bond donors (Lipinski definition) is 0. The summed E-state index contributed by atoms with van der Waals surface area (Å²) in [7, 11) is 3.48. The van der Waals surface area contributed by atoms with Crippen molar-refractivity contribution in [3.8, 4) is 5.75 Å². The van der Waals surface area contributed by atoms with E-state index in [9.17, 15) is 14.9 Å². The number of benzene rings is 3. The molecule has 7 heteroatoms. The lowest BCUT2D eigenvalue weighted by molar-refractivity contribution is -0.384. The summed E-state index contributed by atoms with van der Waals surface area (Å²) in [6, 6.07) is 20.1. The predicted molar refractivity (Wildman–Crippen MR) is 142 cm³/mol. The van der Waals surface area contributed by atoms with Crippen molar-refractivity contribution >= 4 is 23.5 Å². The summed E-state index contributed by atoms with van der Waals surface area (Å²) in [5.74, 6) is 1.02. The average Bonchev–Trinajstić information content (AvgIpc) is 2.88. The van der Waals surface area contributed by atoms with Gasteiger partial charge in [0.1, 0.15) is 5.75 Å². The van der Waals surface area contributed by atoms with E-state index in [0.29, 0.717) is 30.3 Å². The highest BCUT2D eigenvalue weighted by Gasteiger charge is 2.17. The SMILES string of the molecule is CC.COc1ccc(N(C)Cc2cccc([N+](=O)[O-])c2)c(C(=NC=O)c2ccc(C(C)C)cc2)c1. The van der Waals surface area contributed by atoms with Crippen molar-refractivity contribution in [1.29, 1.82) is 0 Å². The lowest BCUT2D eigenvalue weighted by Crippen LogP contribution is -2.20. The first-order chi connectivity index (χ1) is 16.8. The Kier molecular flexibility index (Phi) is 10.1. The van der Waals surface area contributed by atoms with Crippen LogP contribution in [0.5, 0.6) is 5.75 Å². The monoisotopic (exact) mass is 475 g/mol. The Morgan fingerprint density at radius 2 is 1.77 bits per heavy atom. The third-order valence-corrected chi connectivity index (χ3v) is 5.44. The quantitative estimate of drug-likeness (QED) is 0.155. The summed E-state index contributed by atoms with van der Waals surface area (Å²) in [4.78, 5) is 28.3. The average molecular weight is 476 g/mol. The van der Waals surface area contributed by atoms with E-state index in [0.717, 1.165) is 22.4 Å². The number of rotatable bonds is 9. The molecule has 0 unspecified atom stereocenters. The van der Waals surface area contributed by atoms with Crippen molar-refractivity contribution in [3.63, 3.8) is 0 Å². The Bertz CT molecular complexity index is 1170. The van der Waals surface area contributed by atoms with Crippen molar-refractivity contribution in [2.24, 2.45) is 4.99 Å². The lowest BCUT2D eigenvalue weighted by atomic mass is 9.96. The summed E-state index contributed by atoms with van der Waals surface area (Å²) < 4.78 is 5.43. The summed E-state index contributed by atoms with van der Waals surface area (Å²) in [6.45, 7) is 8.68. The number of nitrogens with zero attached hydrogens (tertiary/aromatic N) is 3. The first kappa shape index (κ1) is 27.2. The van der Waals surface area contributed by atoms with Gasteiger partial charge < -0.3 is 9.64 Å². The maximum absolute atomic E-state index is 11.5. The molecule has 0 heterocycles. The summed E-state index contributed by atoms with van der Waals surface area (Å²) in [5.41, 5.74) is 4.91. The van der Waals surface area contributed by atoms with Gasteiger partial charge in [0.15, 0.2) is 0 Å². The molecule has 0 aliphatic carbocycles. The molecule has 0 bridgehead atoms. The predicted octanol–water partition coefficient (Wildman–Crippen LogP) is 6.38. The first-order valence-corrected chi connectivity index (χ1v) is 11.6. The number of nitro groups is 1. The highest BCUT2D eigenvalue weighted by atomic mass is 16.6. The third kappa shape index (κ3) is 6.99. The van der Waals surface area contributed by atoms with Gasteiger partial charge in [0.25, 0.3) is 5.69 Å². The second-order valence-electron chi connectivity index (χ2n) is 8.03. The van der Waals surface area contributed by atoms with Gasteiger partial charge in [-0.2, -0.15) is 0 Å². The Balaban J connectivity index is 0.00000210. The standard InChI is InChI=1S/C26H27N3O4.C2H6/c1-18(2)20-8-10-21(11-9-20)26(27-17-30)24-15-23(33-4)12-13-25(24)28(3)16-19-6-5-7-22(14-19)29(31)32;1-2/h5-15,17-18H,16H2,1-4H3;1-2H3. The van der Waals surface area contributed by atoms with Gasteiger partial charge >= 0.3 is 0 Å². The van der Waals surface area contributed by atoms with Crippen LogP contribution in [0.3, 0.4) is 0 Å². The van der Waals surface area contributed by atoms with Crippen LogP contribution >= 0.6 is 0 Å². The molecule has 3 aromatic carbocycles. The molecule has 0 spiro atoms. The van der Waals surface area contributed by atoms with E-state index < -0.39 is 4.92 Å². The van der Waals surface area contributed by atoms with Crippen LogP contribution in [0.1, 0.15) is 55.9 Å². The van der Waals surface area contributed by atoms with Crippen LogP contribution < -0.4 is 9.64 Å².